The number of hydrogen-bond acceptors (Lipinski definition) is 7. The van der Waals surface area contributed by atoms with Crippen molar-refractivity contribution in [3.05, 3.63) is 83.4 Å². The Labute approximate surface area is 220 Å². The number of nitrogens with zero attached hydrogens (tertiary/aromatic N) is 2. The third kappa shape index (κ3) is 5.86. The zero-order valence-corrected chi connectivity index (χ0v) is 21.7. The molecule has 1 unspecified atom stereocenters. The van der Waals surface area contributed by atoms with Crippen LogP contribution in [-0.2, 0) is 0 Å². The van der Waals surface area contributed by atoms with Crippen molar-refractivity contribution in [2.24, 2.45) is 5.73 Å². The van der Waals surface area contributed by atoms with Crippen molar-refractivity contribution in [2.75, 3.05) is 19.0 Å². The van der Waals surface area contributed by atoms with Gasteiger partial charge in [-0.05, 0) is 63.2 Å². The molecule has 1 aromatic heterocycles. The van der Waals surface area contributed by atoms with Crippen molar-refractivity contribution in [1.82, 2.24) is 15.2 Å². The van der Waals surface area contributed by atoms with Gasteiger partial charge in [0.25, 0.3) is 0 Å². The molecule has 0 fully saturated rings. The van der Waals surface area contributed by atoms with Gasteiger partial charge in [0.2, 0.25) is 0 Å². The number of amidine groups is 1. The van der Waals surface area contributed by atoms with E-state index in [0.717, 1.165) is 0 Å². The number of aromatic nitrogens is 3. The number of nitrogens with one attached hydrogen (secondary N) is 3. The largest absolute Gasteiger partial charge is 0.496 e. The molecule has 1 heterocycles. The van der Waals surface area contributed by atoms with Crippen LogP contribution in [0.3, 0.4) is 0 Å². The Balaban J connectivity index is 1.83. The first-order valence-electron chi connectivity index (χ1n) is 12.2. The van der Waals surface area contributed by atoms with Crippen LogP contribution in [0, 0.1) is 11.2 Å². The van der Waals surface area contributed by atoms with Gasteiger partial charge in [-0.2, -0.15) is 5.10 Å². The number of ether oxygens (including phenoxy) is 3. The maximum Gasteiger partial charge on any atom is 0.184 e. The van der Waals surface area contributed by atoms with Crippen molar-refractivity contribution >= 4 is 11.5 Å². The molecule has 3 aromatic carbocycles. The molecule has 4 aromatic rings. The zero-order chi connectivity index (χ0) is 27.2. The number of halogens is 1. The second-order valence-corrected chi connectivity index (χ2v) is 8.74. The molecule has 1 atom stereocenters. The number of aromatic amines is 1. The Morgan fingerprint density at radius 1 is 1.11 bits per heavy atom. The molecule has 0 spiro atoms. The van der Waals surface area contributed by atoms with E-state index >= 15 is 4.39 Å². The van der Waals surface area contributed by atoms with Crippen LogP contribution in [0.25, 0.3) is 11.4 Å². The van der Waals surface area contributed by atoms with E-state index < -0.39 is 11.9 Å². The number of anilines is 1. The van der Waals surface area contributed by atoms with Crippen LogP contribution in [0.1, 0.15) is 43.8 Å². The third-order valence-electron chi connectivity index (χ3n) is 5.66. The van der Waals surface area contributed by atoms with Crippen LogP contribution in [0.2, 0.25) is 0 Å². The minimum atomic E-state index is -0.802. The van der Waals surface area contributed by atoms with Crippen LogP contribution in [0.4, 0.5) is 10.1 Å². The number of nitrogen functional groups attached to an aromatic ring is 1. The molecule has 0 aliphatic rings. The molecule has 0 aliphatic heterocycles. The van der Waals surface area contributed by atoms with Crippen LogP contribution < -0.4 is 25.3 Å². The molecule has 9 nitrogen and oxygen atoms in total. The molecular formula is C28H31FN6O3. The average molecular weight is 519 g/mol. The van der Waals surface area contributed by atoms with Crippen molar-refractivity contribution in [1.29, 1.82) is 5.41 Å². The quantitative estimate of drug-likeness (QED) is 0.157. The highest BCUT2D eigenvalue weighted by atomic mass is 19.1. The normalized spacial score (nSPS) is 11.7. The maximum atomic E-state index is 16.0. The number of methoxy groups -OCH3 is 1. The van der Waals surface area contributed by atoms with Crippen LogP contribution in [0.5, 0.6) is 17.2 Å². The molecule has 0 bridgehead atoms. The predicted molar refractivity (Wildman–Crippen MR) is 145 cm³/mol. The molecule has 4 rings (SSSR count). The lowest BCUT2D eigenvalue weighted by molar-refractivity contribution is 0.228. The monoisotopic (exact) mass is 518 g/mol. The molecule has 0 radical (unpaired) electrons. The SMILES string of the molecule is CCOc1cc(OC(C)C)c(F)c(C(Nc2ccc(C(=N)N)cc2)c2nc(-c3ccccc3OC)n[nH]2)c1. The van der Waals surface area contributed by atoms with Gasteiger partial charge in [-0.3, -0.25) is 10.5 Å². The lowest BCUT2D eigenvalue weighted by atomic mass is 10.0. The fourth-order valence-corrected chi connectivity index (χ4v) is 3.95. The standard InChI is InChI=1S/C28H31FN6O3/c1-5-37-19-14-21(24(29)23(15-19)38-16(2)3)25(32-18-12-10-17(11-13-18)26(30)31)28-33-27(34-35-28)20-8-6-7-9-22(20)36-4/h6-16,25,32H,5H2,1-4H3,(H3,30,31)(H,33,34,35). The summed E-state index contributed by atoms with van der Waals surface area (Å²) in [6.45, 7) is 5.91. The van der Waals surface area contributed by atoms with E-state index in [-0.39, 0.29) is 23.3 Å². The summed E-state index contributed by atoms with van der Waals surface area (Å²) in [6, 6.07) is 16.7. The minimum Gasteiger partial charge on any atom is -0.496 e. The molecule has 198 valence electrons. The average Bonchev–Trinajstić information content (AvgIpc) is 3.39. The van der Waals surface area contributed by atoms with Crippen molar-refractivity contribution in [3.8, 4) is 28.6 Å². The van der Waals surface area contributed by atoms with E-state index in [1.54, 1.807) is 43.5 Å². The highest BCUT2D eigenvalue weighted by Gasteiger charge is 2.27. The zero-order valence-electron chi connectivity index (χ0n) is 21.7. The summed E-state index contributed by atoms with van der Waals surface area (Å²) in [5.41, 5.74) is 7.77. The Hall–Kier alpha value is -4.60. The Kier molecular flexibility index (Phi) is 8.10. The molecule has 0 amide bonds. The molecule has 0 aliphatic carbocycles. The smallest absolute Gasteiger partial charge is 0.184 e. The molecular weight excluding hydrogens is 487 g/mol. The number of rotatable bonds is 11. The number of para-hydroxylation sites is 1. The van der Waals surface area contributed by atoms with E-state index in [2.05, 4.69) is 15.5 Å². The highest BCUT2D eigenvalue weighted by Crippen LogP contribution is 2.36. The van der Waals surface area contributed by atoms with Gasteiger partial charge in [0.1, 0.15) is 23.4 Å². The summed E-state index contributed by atoms with van der Waals surface area (Å²) in [4.78, 5) is 4.70. The van der Waals surface area contributed by atoms with E-state index in [0.29, 0.717) is 46.6 Å². The summed E-state index contributed by atoms with van der Waals surface area (Å²) in [5, 5.41) is 18.3. The predicted octanol–water partition coefficient (Wildman–Crippen LogP) is 5.29. The van der Waals surface area contributed by atoms with Crippen molar-refractivity contribution < 1.29 is 18.6 Å². The summed E-state index contributed by atoms with van der Waals surface area (Å²) >= 11 is 0. The number of benzene rings is 3. The van der Waals surface area contributed by atoms with Gasteiger partial charge < -0.3 is 25.3 Å². The second-order valence-electron chi connectivity index (χ2n) is 8.74. The first-order chi connectivity index (χ1) is 18.3. The third-order valence-corrected chi connectivity index (χ3v) is 5.66. The van der Waals surface area contributed by atoms with E-state index in [1.807, 2.05) is 45.0 Å². The van der Waals surface area contributed by atoms with Gasteiger partial charge in [-0.1, -0.05) is 12.1 Å². The number of H-pyrrole nitrogens is 1. The molecule has 0 saturated heterocycles. The molecule has 0 saturated carbocycles. The van der Waals surface area contributed by atoms with E-state index in [1.165, 1.54) is 0 Å². The number of nitrogens with two attached hydrogens (primary N) is 1. The molecule has 5 N–H and O–H groups in total. The lowest BCUT2D eigenvalue weighted by Crippen LogP contribution is -2.18. The van der Waals surface area contributed by atoms with Gasteiger partial charge in [0.15, 0.2) is 23.2 Å². The molecule has 38 heavy (non-hydrogen) atoms. The summed E-state index contributed by atoms with van der Waals surface area (Å²) in [6.07, 6.45) is -0.248. The highest BCUT2D eigenvalue weighted by molar-refractivity contribution is 5.95. The van der Waals surface area contributed by atoms with Crippen LogP contribution in [0.15, 0.2) is 60.7 Å². The topological polar surface area (TPSA) is 131 Å². The van der Waals surface area contributed by atoms with Crippen LogP contribution >= 0.6 is 0 Å². The van der Waals surface area contributed by atoms with Gasteiger partial charge in [0.05, 0.1) is 25.4 Å². The van der Waals surface area contributed by atoms with E-state index in [9.17, 15) is 0 Å². The van der Waals surface area contributed by atoms with Crippen molar-refractivity contribution in [2.45, 2.75) is 32.9 Å². The first-order valence-corrected chi connectivity index (χ1v) is 12.2. The van der Waals surface area contributed by atoms with Gasteiger partial charge in [-0.15, -0.1) is 0 Å². The maximum absolute atomic E-state index is 16.0. The minimum absolute atomic E-state index is 0.0456. The van der Waals surface area contributed by atoms with Crippen LogP contribution in [-0.4, -0.2) is 40.8 Å². The summed E-state index contributed by atoms with van der Waals surface area (Å²) < 4.78 is 32.9. The Morgan fingerprint density at radius 2 is 1.84 bits per heavy atom. The van der Waals surface area contributed by atoms with Crippen molar-refractivity contribution in [3.63, 3.8) is 0 Å². The van der Waals surface area contributed by atoms with Gasteiger partial charge >= 0.3 is 0 Å². The van der Waals surface area contributed by atoms with Gasteiger partial charge in [0, 0.05) is 22.9 Å². The fourth-order valence-electron chi connectivity index (χ4n) is 3.95. The Morgan fingerprint density at radius 3 is 2.50 bits per heavy atom. The fraction of sp³-hybridized carbons (Fsp3) is 0.250. The van der Waals surface area contributed by atoms with Gasteiger partial charge in [-0.25, -0.2) is 9.37 Å². The summed E-state index contributed by atoms with van der Waals surface area (Å²) in [5.74, 6) is 1.32. The first kappa shape index (κ1) is 26.5. The Bertz CT molecular complexity index is 1400. The second kappa shape index (κ2) is 11.6. The summed E-state index contributed by atoms with van der Waals surface area (Å²) in [7, 11) is 1.58. The number of hydrogen-bond donors (Lipinski definition) is 4. The van der Waals surface area contributed by atoms with E-state index in [4.69, 9.17) is 30.3 Å². The lowest BCUT2D eigenvalue weighted by Gasteiger charge is -2.22. The molecule has 10 heteroatoms.